The number of aromatic nitrogens is 4. The lowest BCUT2D eigenvalue weighted by Crippen LogP contribution is -2.03. The third kappa shape index (κ3) is 1.97. The van der Waals surface area contributed by atoms with Gasteiger partial charge in [-0.1, -0.05) is 23.2 Å². The molecule has 0 aliphatic heterocycles. The Bertz CT molecular complexity index is 859. The summed E-state index contributed by atoms with van der Waals surface area (Å²) in [4.78, 5) is 3.20. The van der Waals surface area contributed by atoms with Crippen molar-refractivity contribution in [3.63, 3.8) is 0 Å². The summed E-state index contributed by atoms with van der Waals surface area (Å²) in [6.45, 7) is 4.76. The second-order valence-corrected chi connectivity index (χ2v) is 5.66. The normalized spacial score (nSPS) is 11.4. The smallest absolute Gasteiger partial charge is 0.184 e. The second-order valence-electron chi connectivity index (χ2n) is 4.46. The molecule has 0 amide bonds. The molecular weight excluding hydrogens is 315 g/mol. The molecule has 0 bridgehead atoms. The Balaban J connectivity index is 2.37. The highest BCUT2D eigenvalue weighted by atomic mass is 35.5. The van der Waals surface area contributed by atoms with Gasteiger partial charge in [0.1, 0.15) is 5.52 Å². The number of imidazole rings is 1. The van der Waals surface area contributed by atoms with Gasteiger partial charge in [0.15, 0.2) is 10.4 Å². The van der Waals surface area contributed by atoms with Crippen molar-refractivity contribution in [3.8, 4) is 5.69 Å². The number of benzene rings is 1. The van der Waals surface area contributed by atoms with Crippen molar-refractivity contribution in [1.82, 2.24) is 19.3 Å². The summed E-state index contributed by atoms with van der Waals surface area (Å²) in [6, 6.07) is 5.45. The van der Waals surface area contributed by atoms with Crippen LogP contribution in [-0.4, -0.2) is 19.3 Å². The maximum Gasteiger partial charge on any atom is 0.184 e. The average molecular weight is 327 g/mol. The van der Waals surface area contributed by atoms with Crippen molar-refractivity contribution in [1.29, 1.82) is 0 Å². The van der Waals surface area contributed by atoms with Crippen LogP contribution in [-0.2, 0) is 6.54 Å². The zero-order chi connectivity index (χ0) is 14.4. The van der Waals surface area contributed by atoms with Crippen LogP contribution in [0.3, 0.4) is 0 Å². The van der Waals surface area contributed by atoms with Crippen molar-refractivity contribution in [2.75, 3.05) is 0 Å². The molecule has 20 heavy (non-hydrogen) atoms. The molecule has 3 aromatic rings. The van der Waals surface area contributed by atoms with E-state index in [4.69, 9.17) is 35.4 Å². The van der Waals surface area contributed by atoms with Gasteiger partial charge in [-0.25, -0.2) is 4.68 Å². The van der Waals surface area contributed by atoms with Crippen molar-refractivity contribution in [2.45, 2.75) is 20.4 Å². The monoisotopic (exact) mass is 326 g/mol. The number of aromatic amines is 1. The molecule has 3 rings (SSSR count). The average Bonchev–Trinajstić information content (AvgIpc) is 2.90. The fourth-order valence-corrected chi connectivity index (χ4v) is 2.87. The molecule has 1 N–H and O–H groups in total. The first-order chi connectivity index (χ1) is 9.52. The molecule has 0 aliphatic rings. The molecule has 0 radical (unpaired) electrons. The minimum atomic E-state index is 0.500. The van der Waals surface area contributed by atoms with E-state index in [0.717, 1.165) is 29.1 Å². The number of nitrogens with zero attached hydrogens (tertiary/aromatic N) is 3. The molecule has 104 valence electrons. The van der Waals surface area contributed by atoms with E-state index < -0.39 is 0 Å². The van der Waals surface area contributed by atoms with Crippen LogP contribution in [0.5, 0.6) is 0 Å². The first kappa shape index (κ1) is 13.7. The van der Waals surface area contributed by atoms with Gasteiger partial charge < -0.3 is 4.98 Å². The van der Waals surface area contributed by atoms with Gasteiger partial charge in [0, 0.05) is 6.54 Å². The first-order valence-corrected chi connectivity index (χ1v) is 7.33. The predicted molar refractivity (Wildman–Crippen MR) is 84.7 cm³/mol. The van der Waals surface area contributed by atoms with E-state index in [-0.39, 0.29) is 0 Å². The van der Waals surface area contributed by atoms with Crippen molar-refractivity contribution in [2.24, 2.45) is 0 Å². The molecule has 0 unspecified atom stereocenters. The van der Waals surface area contributed by atoms with Crippen LogP contribution >= 0.6 is 35.4 Å². The molecule has 7 heteroatoms. The second kappa shape index (κ2) is 4.91. The molecule has 4 nitrogen and oxygen atoms in total. The van der Waals surface area contributed by atoms with Gasteiger partial charge >= 0.3 is 0 Å². The molecule has 0 saturated heterocycles. The summed E-state index contributed by atoms with van der Waals surface area (Å²) in [5, 5.41) is 5.52. The van der Waals surface area contributed by atoms with Crippen LogP contribution in [0.15, 0.2) is 18.2 Å². The van der Waals surface area contributed by atoms with E-state index >= 15 is 0 Å². The molecule has 0 spiro atoms. The van der Waals surface area contributed by atoms with Crippen LogP contribution in [0.4, 0.5) is 0 Å². The predicted octanol–water partition coefficient (Wildman–Crippen LogP) is 4.52. The van der Waals surface area contributed by atoms with Gasteiger partial charge in [-0.05, 0) is 44.3 Å². The lowest BCUT2D eigenvalue weighted by atomic mass is 10.3. The largest absolute Gasteiger partial charge is 0.327 e. The fraction of sp³-hybridized carbons (Fsp3) is 0.231. The van der Waals surface area contributed by atoms with Gasteiger partial charge in [-0.15, -0.1) is 0 Å². The van der Waals surface area contributed by atoms with Gasteiger partial charge in [0.2, 0.25) is 0 Å². The lowest BCUT2D eigenvalue weighted by molar-refractivity contribution is 0.662. The van der Waals surface area contributed by atoms with Crippen LogP contribution in [0.1, 0.15) is 12.6 Å². The molecule has 2 aromatic heterocycles. The van der Waals surface area contributed by atoms with Gasteiger partial charge in [0.05, 0.1) is 21.4 Å². The highest BCUT2D eigenvalue weighted by Crippen LogP contribution is 2.27. The van der Waals surface area contributed by atoms with Crippen molar-refractivity contribution < 1.29 is 0 Å². The summed E-state index contributed by atoms with van der Waals surface area (Å²) in [6.07, 6.45) is 0. The Hall–Kier alpha value is -1.30. The number of hydrogen-bond acceptors (Lipinski definition) is 2. The zero-order valence-corrected chi connectivity index (χ0v) is 13.3. The van der Waals surface area contributed by atoms with E-state index in [0.29, 0.717) is 14.8 Å². The Morgan fingerprint density at radius 1 is 1.30 bits per heavy atom. The summed E-state index contributed by atoms with van der Waals surface area (Å²) in [5.74, 6) is 0. The Labute approximate surface area is 130 Å². The standard InChI is InChI=1S/C13H12Cl2N4S/c1-3-18-12-11(7(2)17-18)16-13(20)19(12)8-4-5-9(14)10(15)6-8/h4-6H,3H2,1-2H3,(H,16,20). The minimum absolute atomic E-state index is 0.500. The number of H-pyrrole nitrogens is 1. The molecule has 2 heterocycles. The van der Waals surface area contributed by atoms with Gasteiger partial charge in [0.25, 0.3) is 0 Å². The number of aryl methyl sites for hydroxylation is 2. The Morgan fingerprint density at radius 2 is 2.05 bits per heavy atom. The molecule has 0 fully saturated rings. The maximum atomic E-state index is 6.10. The number of fused-ring (bicyclic) bond motifs is 1. The fourth-order valence-electron chi connectivity index (χ4n) is 2.29. The van der Waals surface area contributed by atoms with Crippen LogP contribution < -0.4 is 0 Å². The molecule has 0 saturated carbocycles. The van der Waals surface area contributed by atoms with Gasteiger partial charge in [-0.2, -0.15) is 5.10 Å². The number of rotatable bonds is 2. The summed E-state index contributed by atoms with van der Waals surface area (Å²) in [5.41, 5.74) is 3.67. The van der Waals surface area contributed by atoms with E-state index in [1.165, 1.54) is 0 Å². The van der Waals surface area contributed by atoms with E-state index in [9.17, 15) is 0 Å². The quantitative estimate of drug-likeness (QED) is 0.703. The SMILES string of the molecule is CCn1nc(C)c2[nH]c(=S)n(-c3ccc(Cl)c(Cl)c3)c21. The lowest BCUT2D eigenvalue weighted by Gasteiger charge is -2.07. The maximum absolute atomic E-state index is 6.10. The van der Waals surface area contributed by atoms with Crippen molar-refractivity contribution in [3.05, 3.63) is 38.7 Å². The minimum Gasteiger partial charge on any atom is -0.327 e. The third-order valence-corrected chi connectivity index (χ3v) is 4.23. The third-order valence-electron chi connectivity index (χ3n) is 3.21. The van der Waals surface area contributed by atoms with E-state index in [2.05, 4.69) is 10.1 Å². The number of nitrogens with one attached hydrogen (secondary N) is 1. The topological polar surface area (TPSA) is 38.5 Å². The highest BCUT2D eigenvalue weighted by molar-refractivity contribution is 7.71. The van der Waals surface area contributed by atoms with Crippen molar-refractivity contribution >= 4 is 46.6 Å². The Morgan fingerprint density at radius 3 is 2.70 bits per heavy atom. The summed E-state index contributed by atoms with van der Waals surface area (Å²) < 4.78 is 4.46. The first-order valence-electron chi connectivity index (χ1n) is 6.16. The molecule has 0 atom stereocenters. The highest BCUT2D eigenvalue weighted by Gasteiger charge is 2.15. The number of hydrogen-bond donors (Lipinski definition) is 1. The zero-order valence-electron chi connectivity index (χ0n) is 10.9. The summed E-state index contributed by atoms with van der Waals surface area (Å²) in [7, 11) is 0. The summed E-state index contributed by atoms with van der Waals surface area (Å²) >= 11 is 17.5. The van der Waals surface area contributed by atoms with Crippen LogP contribution in [0.2, 0.25) is 10.0 Å². The van der Waals surface area contributed by atoms with E-state index in [1.807, 2.05) is 29.2 Å². The van der Waals surface area contributed by atoms with Crippen LogP contribution in [0, 0.1) is 11.7 Å². The molecule has 1 aromatic carbocycles. The molecule has 0 aliphatic carbocycles. The Kier molecular flexibility index (Phi) is 3.36. The van der Waals surface area contributed by atoms with E-state index in [1.54, 1.807) is 12.1 Å². The van der Waals surface area contributed by atoms with Gasteiger partial charge in [-0.3, -0.25) is 4.57 Å². The van der Waals surface area contributed by atoms with Crippen LogP contribution in [0.25, 0.3) is 16.9 Å². The number of halogens is 2. The molecular formula is C13H12Cl2N4S.